The fourth-order valence-electron chi connectivity index (χ4n) is 1.75. The molecule has 0 aliphatic rings. The van der Waals surface area contributed by atoms with Crippen LogP contribution in [0.1, 0.15) is 0 Å². The van der Waals surface area contributed by atoms with Crippen molar-refractivity contribution in [2.45, 2.75) is 11.2 Å². The first-order valence-electron chi connectivity index (χ1n) is 8.18. The van der Waals surface area contributed by atoms with Gasteiger partial charge in [-0.05, 0) is 39.5 Å². The third-order valence-corrected chi connectivity index (χ3v) is 10.4. The predicted molar refractivity (Wildman–Crippen MR) is 124 cm³/mol. The second kappa shape index (κ2) is 19.3. The van der Waals surface area contributed by atoms with Crippen LogP contribution >= 0.6 is 53.6 Å². The molecule has 0 aliphatic carbocycles. The third kappa shape index (κ3) is 16.0. The summed E-state index contributed by atoms with van der Waals surface area (Å²) in [4.78, 5) is 64.0. The SMILES string of the molecule is O=P([O-])([O-])C(O)P(=O)([O-])Oc1ccccc1Cl.O=P([O-])([O-])C(O)P(=O)([O-])Oc1ccccc1Cl.[Ba+2].[Ba+2].[Ba+2]. The first kappa shape index (κ1) is 45.4. The van der Waals surface area contributed by atoms with Crippen molar-refractivity contribution >= 4 is 200 Å². The summed E-state index contributed by atoms with van der Waals surface area (Å²) in [5, 5.41) is 17.4. The van der Waals surface area contributed by atoms with Crippen molar-refractivity contribution in [2.75, 3.05) is 0 Å². The van der Waals surface area contributed by atoms with Gasteiger partial charge in [-0.3, -0.25) is 9.13 Å². The van der Waals surface area contributed by atoms with Crippen LogP contribution in [0.5, 0.6) is 11.5 Å². The first-order chi connectivity index (χ1) is 15.3. The molecule has 2 aromatic rings. The van der Waals surface area contributed by atoms with Gasteiger partial charge in [-0.1, -0.05) is 47.5 Å². The van der Waals surface area contributed by atoms with Gasteiger partial charge in [0.15, 0.2) is 11.2 Å². The Balaban J connectivity index is -0.000000578. The van der Waals surface area contributed by atoms with E-state index in [1.165, 1.54) is 36.4 Å². The van der Waals surface area contributed by atoms with Crippen LogP contribution in [0.15, 0.2) is 48.5 Å². The normalized spacial score (nSPS) is 15.8. The van der Waals surface area contributed by atoms with E-state index in [9.17, 15) is 47.6 Å². The molecule has 0 fully saturated rings. The molecule has 0 bridgehead atoms. The van der Waals surface area contributed by atoms with Crippen LogP contribution in [0.3, 0.4) is 0 Å². The van der Waals surface area contributed by atoms with Crippen LogP contribution in [0, 0.1) is 0 Å². The predicted octanol–water partition coefficient (Wildman–Crippen LogP) is -2.22. The van der Waals surface area contributed by atoms with Crippen LogP contribution in [-0.2, 0) is 18.3 Å². The Morgan fingerprint density at radius 1 is 0.595 bits per heavy atom. The topological polar surface area (TPSA) is 266 Å². The van der Waals surface area contributed by atoms with Crippen LogP contribution < -0.4 is 38.4 Å². The van der Waals surface area contributed by atoms with E-state index >= 15 is 0 Å². The minimum Gasteiger partial charge on any atom is -0.809 e. The molecule has 0 saturated carbocycles. The second-order valence-electron chi connectivity index (χ2n) is 5.90. The molecule has 0 radical (unpaired) electrons. The van der Waals surface area contributed by atoms with Gasteiger partial charge in [0.2, 0.25) is 15.2 Å². The number of aliphatic hydroxyl groups is 2. The number of benzene rings is 2. The molecule has 4 atom stereocenters. The van der Waals surface area contributed by atoms with Gasteiger partial charge in [-0.2, -0.15) is 0 Å². The standard InChI is InChI=1S/2C7H9ClO7P2.3Ba/c2*8-5-3-1-2-4-6(5)15-17(13,14)7(9)16(10,11)12;;;/h2*1-4,7,9H,(H,13,14)(H2,10,11,12);;;/q;;3*+2/p-6. The van der Waals surface area contributed by atoms with Crippen molar-refractivity contribution in [3.05, 3.63) is 58.6 Å². The Hall–Kier alpha value is 3.93. The molecule has 0 spiro atoms. The molecule has 2 aromatic carbocycles. The number of hydrogen-bond acceptors (Lipinski definition) is 14. The molecule has 4 unspecified atom stereocenters. The summed E-state index contributed by atoms with van der Waals surface area (Å²) in [6.45, 7) is 0. The summed E-state index contributed by atoms with van der Waals surface area (Å²) in [6, 6.07) is 10.6. The van der Waals surface area contributed by atoms with E-state index in [1.54, 1.807) is 0 Å². The van der Waals surface area contributed by atoms with Crippen LogP contribution in [0.25, 0.3) is 0 Å². The molecule has 0 amide bonds. The average molecular weight is 1010 g/mol. The van der Waals surface area contributed by atoms with Crippen LogP contribution in [0.4, 0.5) is 0 Å². The average Bonchev–Trinajstić information content (AvgIpc) is 2.69. The van der Waals surface area contributed by atoms with Gasteiger partial charge in [0.05, 0.1) is 10.0 Å². The molecule has 2 N–H and O–H groups in total. The van der Waals surface area contributed by atoms with Gasteiger partial charge in [0.1, 0.15) is 11.5 Å². The van der Waals surface area contributed by atoms with Crippen molar-refractivity contribution in [1.82, 2.24) is 0 Å². The Kier molecular flexibility index (Phi) is 23.7. The zero-order valence-corrected chi connectivity index (χ0v) is 36.6. The molecule has 0 saturated heterocycles. The van der Waals surface area contributed by atoms with Gasteiger partial charge in [-0.15, -0.1) is 0 Å². The quantitative estimate of drug-likeness (QED) is 0.210. The maximum atomic E-state index is 11.2. The maximum absolute atomic E-state index is 11.2. The van der Waals surface area contributed by atoms with E-state index < -0.39 is 41.6 Å². The summed E-state index contributed by atoms with van der Waals surface area (Å²) in [5.74, 6) is -0.750. The summed E-state index contributed by atoms with van der Waals surface area (Å²) in [6.07, 6.45) is 0. The molecule has 192 valence electrons. The van der Waals surface area contributed by atoms with E-state index in [0.717, 1.165) is 12.1 Å². The fraction of sp³-hybridized carbons (Fsp3) is 0.143. The van der Waals surface area contributed by atoms with Crippen molar-refractivity contribution in [1.29, 1.82) is 0 Å². The van der Waals surface area contributed by atoms with Gasteiger partial charge in [0.25, 0.3) is 0 Å². The summed E-state index contributed by atoms with van der Waals surface area (Å²) < 4.78 is 51.8. The van der Waals surface area contributed by atoms with Gasteiger partial charge >= 0.3 is 147 Å². The molecular weight excluding hydrogens is 999 g/mol. The van der Waals surface area contributed by atoms with Crippen LogP contribution in [0.2, 0.25) is 10.0 Å². The van der Waals surface area contributed by atoms with E-state index in [4.69, 9.17) is 33.4 Å². The summed E-state index contributed by atoms with van der Waals surface area (Å²) >= 11 is 11.1. The van der Waals surface area contributed by atoms with Crippen molar-refractivity contribution in [2.24, 2.45) is 0 Å². The first-order valence-corrected chi connectivity index (χ1v) is 15.4. The third-order valence-electron chi connectivity index (χ3n) is 3.26. The van der Waals surface area contributed by atoms with E-state index in [0.29, 0.717) is 0 Å². The minimum atomic E-state index is -5.72. The van der Waals surface area contributed by atoms with E-state index in [2.05, 4.69) is 9.05 Å². The smallest absolute Gasteiger partial charge is 0.809 e. The number of halogens is 2. The number of hydrogen-bond donors (Lipinski definition) is 2. The Morgan fingerprint density at radius 2 is 0.838 bits per heavy atom. The summed E-state index contributed by atoms with van der Waals surface area (Å²) in [7, 11) is -22.1. The van der Waals surface area contributed by atoms with Gasteiger partial charge < -0.3 is 57.8 Å². The molecular formula is C14H12Ba3Cl2O14P4. The molecule has 37 heavy (non-hydrogen) atoms. The fourth-order valence-corrected chi connectivity index (χ4v) is 6.32. The number of para-hydroxylation sites is 2. The van der Waals surface area contributed by atoms with Gasteiger partial charge in [-0.25, -0.2) is 0 Å². The zero-order valence-electron chi connectivity index (χ0n) is 18.2. The van der Waals surface area contributed by atoms with E-state index in [-0.39, 0.29) is 168 Å². The van der Waals surface area contributed by atoms with E-state index in [1.807, 2.05) is 0 Å². The number of aliphatic hydroxyl groups excluding tert-OH is 2. The molecule has 0 aliphatic heterocycles. The van der Waals surface area contributed by atoms with Gasteiger partial charge in [0, 0.05) is 0 Å². The molecule has 0 heterocycles. The molecule has 2 rings (SSSR count). The minimum absolute atomic E-state index is 0. The Morgan fingerprint density at radius 3 is 1.05 bits per heavy atom. The second-order valence-corrected chi connectivity index (χ2v) is 14.2. The zero-order chi connectivity index (χ0) is 26.5. The maximum Gasteiger partial charge on any atom is 2.00 e. The summed E-state index contributed by atoms with van der Waals surface area (Å²) in [5.41, 5.74) is -6.29. The van der Waals surface area contributed by atoms with Crippen LogP contribution in [-0.4, -0.2) is 168 Å². The van der Waals surface area contributed by atoms with Crippen molar-refractivity contribution in [3.63, 3.8) is 0 Å². The Labute approximate surface area is 341 Å². The Bertz CT molecular complexity index is 1100. The molecule has 23 heteroatoms. The monoisotopic (exact) mass is 1010 g/mol. The molecule has 0 aromatic heterocycles. The van der Waals surface area contributed by atoms with Crippen molar-refractivity contribution < 1.29 is 66.9 Å². The van der Waals surface area contributed by atoms with Crippen molar-refractivity contribution in [3.8, 4) is 11.5 Å². The largest absolute Gasteiger partial charge is 2.00 e. The molecule has 14 nitrogen and oxygen atoms in total. The number of rotatable bonds is 8.